The Morgan fingerprint density at radius 1 is 0.967 bits per heavy atom. The van der Waals surface area contributed by atoms with Crippen LogP contribution >= 0.6 is 11.6 Å². The number of rotatable bonds is 6. The summed E-state index contributed by atoms with van der Waals surface area (Å²) in [5.74, 6) is 2.11. The lowest BCUT2D eigenvalue weighted by Crippen LogP contribution is -2.30. The molecule has 2 aliphatic carbocycles. The van der Waals surface area contributed by atoms with E-state index in [2.05, 4.69) is 0 Å². The number of carbonyl (C=O) groups is 2. The maximum absolute atomic E-state index is 12.9. The molecule has 1 aliphatic heterocycles. The Morgan fingerprint density at radius 3 is 2.17 bits per heavy atom. The predicted octanol–water partition coefficient (Wildman–Crippen LogP) is 5.66. The summed E-state index contributed by atoms with van der Waals surface area (Å²) in [7, 11) is 0. The normalized spacial score (nSPS) is 19.4. The van der Waals surface area contributed by atoms with Gasteiger partial charge in [-0.15, -0.1) is 0 Å². The number of halogens is 1. The largest absolute Gasteiger partial charge is 0.490 e. The van der Waals surface area contributed by atoms with Gasteiger partial charge in [-0.05, 0) is 43.9 Å². The van der Waals surface area contributed by atoms with Crippen molar-refractivity contribution < 1.29 is 23.8 Å². The molecule has 1 aromatic carbocycles. The van der Waals surface area contributed by atoms with Crippen molar-refractivity contribution in [3.05, 3.63) is 45.4 Å². The highest BCUT2D eigenvalue weighted by atomic mass is 35.5. The lowest BCUT2D eigenvalue weighted by Gasteiger charge is -2.36. The first-order valence-electron chi connectivity index (χ1n) is 10.8. The smallest absolute Gasteiger partial charge is 0.179 e. The van der Waals surface area contributed by atoms with Crippen molar-refractivity contribution >= 4 is 23.2 Å². The molecule has 0 radical (unpaired) electrons. The Morgan fingerprint density at radius 2 is 1.60 bits per heavy atom. The third-order valence-corrected chi connectivity index (χ3v) is 6.04. The van der Waals surface area contributed by atoms with E-state index >= 15 is 0 Å². The summed E-state index contributed by atoms with van der Waals surface area (Å²) in [6.45, 7) is 4.90. The van der Waals surface area contributed by atoms with Crippen LogP contribution in [0.5, 0.6) is 11.5 Å². The number of hydrogen-bond donors (Lipinski definition) is 0. The zero-order chi connectivity index (χ0) is 21.3. The van der Waals surface area contributed by atoms with Gasteiger partial charge >= 0.3 is 0 Å². The van der Waals surface area contributed by atoms with E-state index in [0.717, 1.165) is 24.8 Å². The second-order valence-corrected chi connectivity index (χ2v) is 8.28. The third-order valence-electron chi connectivity index (χ3n) is 5.76. The summed E-state index contributed by atoms with van der Waals surface area (Å²) in [6.07, 6.45) is 4.77. The fraction of sp³-hybridized carbons (Fsp3) is 0.500. The van der Waals surface area contributed by atoms with E-state index in [9.17, 15) is 9.59 Å². The molecule has 0 N–H and O–H groups in total. The van der Waals surface area contributed by atoms with Crippen LogP contribution in [0.4, 0.5) is 0 Å². The van der Waals surface area contributed by atoms with Gasteiger partial charge in [-0.1, -0.05) is 18.5 Å². The molecule has 5 nitrogen and oxygen atoms in total. The molecule has 6 heteroatoms. The fourth-order valence-electron chi connectivity index (χ4n) is 4.51. The second-order valence-electron chi connectivity index (χ2n) is 7.87. The molecule has 0 saturated carbocycles. The molecule has 4 rings (SSSR count). The minimum absolute atomic E-state index is 0.0477. The van der Waals surface area contributed by atoms with Crippen LogP contribution in [0, 0.1) is 0 Å². The average molecular weight is 431 g/mol. The second kappa shape index (κ2) is 8.84. The van der Waals surface area contributed by atoms with Gasteiger partial charge in [-0.3, -0.25) is 9.59 Å². The van der Waals surface area contributed by atoms with Crippen molar-refractivity contribution in [3.8, 4) is 11.5 Å². The summed E-state index contributed by atoms with van der Waals surface area (Å²) in [4.78, 5) is 25.9. The summed E-state index contributed by atoms with van der Waals surface area (Å²) in [5, 5.41) is 0.423. The Hall–Kier alpha value is -2.27. The first-order valence-corrected chi connectivity index (χ1v) is 11.2. The average Bonchev–Trinajstić information content (AvgIpc) is 2.72. The summed E-state index contributed by atoms with van der Waals surface area (Å²) >= 11 is 6.61. The van der Waals surface area contributed by atoms with Crippen molar-refractivity contribution in [1.29, 1.82) is 0 Å². The van der Waals surface area contributed by atoms with Gasteiger partial charge in [0.15, 0.2) is 23.1 Å². The van der Waals surface area contributed by atoms with Crippen LogP contribution in [0.2, 0.25) is 5.02 Å². The molecule has 3 aliphatic rings. The fourth-order valence-corrected chi connectivity index (χ4v) is 4.79. The van der Waals surface area contributed by atoms with Crippen LogP contribution in [0.3, 0.4) is 0 Å². The van der Waals surface area contributed by atoms with Gasteiger partial charge < -0.3 is 14.2 Å². The third kappa shape index (κ3) is 3.76. The maximum atomic E-state index is 12.9. The molecular formula is C24H27ClO5. The van der Waals surface area contributed by atoms with Gasteiger partial charge in [-0.2, -0.15) is 0 Å². The zero-order valence-electron chi connectivity index (χ0n) is 17.5. The first kappa shape index (κ1) is 21.0. The number of ether oxygens (including phenoxy) is 3. The molecule has 1 aromatic rings. The summed E-state index contributed by atoms with van der Waals surface area (Å²) in [6, 6.07) is 3.68. The molecule has 0 spiro atoms. The van der Waals surface area contributed by atoms with Gasteiger partial charge in [-0.25, -0.2) is 0 Å². The van der Waals surface area contributed by atoms with Gasteiger partial charge in [0, 0.05) is 42.7 Å². The lowest BCUT2D eigenvalue weighted by atomic mass is 9.73. The SMILES string of the molecule is CCCOc1c(Cl)cc(C2C3=C(CCCC3=O)OC3=C2C(=O)CCC3)cc1OCC. The number of carbonyl (C=O) groups excluding carboxylic acids is 2. The van der Waals surface area contributed by atoms with E-state index in [0.29, 0.717) is 78.1 Å². The molecular weight excluding hydrogens is 404 g/mol. The number of hydrogen-bond acceptors (Lipinski definition) is 5. The van der Waals surface area contributed by atoms with Crippen molar-refractivity contribution in [2.24, 2.45) is 0 Å². The number of Topliss-reactive ketones (excluding diaryl/α,β-unsaturated/α-hetero) is 2. The van der Waals surface area contributed by atoms with E-state index in [-0.39, 0.29) is 11.6 Å². The number of ketones is 2. The molecule has 160 valence electrons. The Kier molecular flexibility index (Phi) is 6.19. The van der Waals surface area contributed by atoms with E-state index in [1.165, 1.54) is 0 Å². The number of benzene rings is 1. The van der Waals surface area contributed by atoms with Crippen molar-refractivity contribution in [1.82, 2.24) is 0 Å². The van der Waals surface area contributed by atoms with Crippen LogP contribution in [-0.4, -0.2) is 24.8 Å². The standard InChI is InChI=1S/C24H27ClO5/c1-3-11-29-24-15(25)12-14(13-20(24)28-4-2)21-22-16(26)7-5-9-18(22)30-19-10-6-8-17(27)23(19)21/h12-13,21H,3-11H2,1-2H3. The summed E-state index contributed by atoms with van der Waals surface area (Å²) in [5.41, 5.74) is 1.99. The minimum Gasteiger partial charge on any atom is -0.490 e. The first-order chi connectivity index (χ1) is 14.5. The van der Waals surface area contributed by atoms with Gasteiger partial charge in [0.1, 0.15) is 11.5 Å². The molecule has 0 bridgehead atoms. The summed E-state index contributed by atoms with van der Waals surface area (Å²) < 4.78 is 17.8. The van der Waals surface area contributed by atoms with Crippen molar-refractivity contribution in [2.45, 2.75) is 64.7 Å². The van der Waals surface area contributed by atoms with E-state index in [1.54, 1.807) is 0 Å². The maximum Gasteiger partial charge on any atom is 0.179 e. The Labute approximate surface area is 182 Å². The van der Waals surface area contributed by atoms with Crippen LogP contribution in [0.15, 0.2) is 34.8 Å². The molecule has 0 saturated heterocycles. The topological polar surface area (TPSA) is 61.8 Å². The van der Waals surface area contributed by atoms with E-state index in [4.69, 9.17) is 25.8 Å². The van der Waals surface area contributed by atoms with Crippen molar-refractivity contribution in [3.63, 3.8) is 0 Å². The van der Waals surface area contributed by atoms with Gasteiger partial charge in [0.2, 0.25) is 0 Å². The molecule has 0 unspecified atom stereocenters. The van der Waals surface area contributed by atoms with Gasteiger partial charge in [0.05, 0.1) is 18.2 Å². The minimum atomic E-state index is -0.457. The highest BCUT2D eigenvalue weighted by Crippen LogP contribution is 2.50. The molecule has 0 fully saturated rings. The zero-order valence-corrected chi connectivity index (χ0v) is 18.3. The molecule has 1 heterocycles. The Bertz CT molecular complexity index is 901. The van der Waals surface area contributed by atoms with Crippen molar-refractivity contribution in [2.75, 3.05) is 13.2 Å². The van der Waals surface area contributed by atoms with Crippen LogP contribution in [0.25, 0.3) is 0 Å². The lowest BCUT2D eigenvalue weighted by molar-refractivity contribution is -0.117. The molecule has 0 amide bonds. The molecule has 30 heavy (non-hydrogen) atoms. The quantitative estimate of drug-likeness (QED) is 0.583. The molecule has 0 atom stereocenters. The van der Waals surface area contributed by atoms with E-state index < -0.39 is 5.92 Å². The van der Waals surface area contributed by atoms with E-state index in [1.807, 2.05) is 26.0 Å². The highest BCUT2D eigenvalue weighted by molar-refractivity contribution is 6.32. The van der Waals surface area contributed by atoms with Crippen LogP contribution in [-0.2, 0) is 14.3 Å². The Balaban J connectivity index is 1.87. The van der Waals surface area contributed by atoms with Crippen LogP contribution < -0.4 is 9.47 Å². The van der Waals surface area contributed by atoms with Gasteiger partial charge in [0.25, 0.3) is 0 Å². The highest BCUT2D eigenvalue weighted by Gasteiger charge is 2.42. The molecule has 0 aromatic heterocycles. The monoisotopic (exact) mass is 430 g/mol. The van der Waals surface area contributed by atoms with Crippen LogP contribution in [0.1, 0.15) is 70.3 Å². The predicted molar refractivity (Wildman–Crippen MR) is 114 cm³/mol. The number of allylic oxidation sites excluding steroid dienone is 4.